The van der Waals surface area contributed by atoms with Crippen LogP contribution >= 0.6 is 11.6 Å². The summed E-state index contributed by atoms with van der Waals surface area (Å²) in [7, 11) is 0. The van der Waals surface area contributed by atoms with E-state index in [1.165, 1.54) is 0 Å². The molecule has 4 rings (SSSR count). The van der Waals surface area contributed by atoms with Gasteiger partial charge in [0.15, 0.2) is 0 Å². The molecule has 2 saturated heterocycles. The maximum absolute atomic E-state index is 12.8. The Morgan fingerprint density at radius 2 is 1.90 bits per heavy atom. The summed E-state index contributed by atoms with van der Waals surface area (Å²) in [6, 6.07) is 7.71. The number of hydrogen-bond acceptors (Lipinski definition) is 6. The van der Waals surface area contributed by atoms with Crippen LogP contribution in [0.1, 0.15) is 44.6 Å². The number of hydrazone groups is 1. The molecule has 0 aliphatic carbocycles. The number of carbonyl (C=O) groups excluding carboxylic acids is 1. The van der Waals surface area contributed by atoms with Gasteiger partial charge in [-0.2, -0.15) is 10.4 Å². The fourth-order valence-electron chi connectivity index (χ4n) is 4.59. The lowest BCUT2D eigenvalue weighted by Crippen LogP contribution is -2.47. The van der Waals surface area contributed by atoms with E-state index < -0.39 is 0 Å². The molecule has 1 aromatic carbocycles. The van der Waals surface area contributed by atoms with Crippen LogP contribution in [-0.2, 0) is 4.79 Å². The van der Waals surface area contributed by atoms with Crippen molar-refractivity contribution in [3.8, 4) is 6.07 Å². The van der Waals surface area contributed by atoms with Gasteiger partial charge in [-0.25, -0.2) is 0 Å². The van der Waals surface area contributed by atoms with Crippen LogP contribution in [0.2, 0.25) is 5.02 Å². The van der Waals surface area contributed by atoms with Crippen LogP contribution in [0.4, 0.5) is 5.69 Å². The highest BCUT2D eigenvalue weighted by Crippen LogP contribution is 2.31. The first-order chi connectivity index (χ1) is 14.5. The summed E-state index contributed by atoms with van der Waals surface area (Å²) >= 11 is 6.20. The quantitative estimate of drug-likeness (QED) is 0.781. The van der Waals surface area contributed by atoms with Crippen molar-refractivity contribution < 1.29 is 9.90 Å². The van der Waals surface area contributed by atoms with E-state index in [1.54, 1.807) is 12.1 Å². The number of carbonyl (C=O) groups is 1. The Labute approximate surface area is 182 Å². The van der Waals surface area contributed by atoms with E-state index in [-0.39, 0.29) is 24.0 Å². The molecule has 160 valence electrons. The molecule has 2 fully saturated rings. The van der Waals surface area contributed by atoms with E-state index in [9.17, 15) is 9.90 Å². The van der Waals surface area contributed by atoms with Crippen molar-refractivity contribution >= 4 is 29.0 Å². The van der Waals surface area contributed by atoms with Gasteiger partial charge in [-0.3, -0.25) is 9.80 Å². The molecule has 1 amide bonds. The van der Waals surface area contributed by atoms with Gasteiger partial charge in [-0.15, -0.1) is 0 Å². The van der Waals surface area contributed by atoms with Gasteiger partial charge in [-0.1, -0.05) is 11.6 Å². The second-order valence-corrected chi connectivity index (χ2v) is 8.91. The average Bonchev–Trinajstić information content (AvgIpc) is 3.15. The van der Waals surface area contributed by atoms with Crippen molar-refractivity contribution in [2.24, 2.45) is 11.0 Å². The summed E-state index contributed by atoms with van der Waals surface area (Å²) in [4.78, 5) is 17.0. The van der Waals surface area contributed by atoms with Crippen LogP contribution in [0.15, 0.2) is 23.3 Å². The number of aliphatic hydroxyl groups is 1. The maximum Gasteiger partial charge on any atom is 0.225 e. The number of anilines is 1. The van der Waals surface area contributed by atoms with E-state index in [0.717, 1.165) is 43.9 Å². The van der Waals surface area contributed by atoms with Crippen molar-refractivity contribution in [3.63, 3.8) is 0 Å². The van der Waals surface area contributed by atoms with E-state index in [1.807, 2.05) is 16.0 Å². The molecule has 3 aliphatic rings. The van der Waals surface area contributed by atoms with Gasteiger partial charge in [0.05, 0.1) is 28.4 Å². The van der Waals surface area contributed by atoms with Gasteiger partial charge in [0.2, 0.25) is 5.91 Å². The van der Waals surface area contributed by atoms with Crippen molar-refractivity contribution in [1.29, 1.82) is 5.26 Å². The molecule has 30 heavy (non-hydrogen) atoms. The molecule has 0 bridgehead atoms. The topological polar surface area (TPSA) is 83.2 Å². The Morgan fingerprint density at radius 1 is 1.20 bits per heavy atom. The van der Waals surface area contributed by atoms with Gasteiger partial charge < -0.3 is 14.9 Å². The zero-order chi connectivity index (χ0) is 21.3. The van der Waals surface area contributed by atoms with Crippen molar-refractivity contribution in [3.05, 3.63) is 28.8 Å². The number of aliphatic hydroxyl groups excluding tert-OH is 1. The Morgan fingerprint density at radius 3 is 2.53 bits per heavy atom. The van der Waals surface area contributed by atoms with E-state index in [4.69, 9.17) is 22.0 Å². The fourth-order valence-corrected chi connectivity index (χ4v) is 4.80. The second-order valence-electron chi connectivity index (χ2n) is 8.51. The normalized spacial score (nSPS) is 23.5. The minimum Gasteiger partial charge on any atom is -0.393 e. The number of nitrogens with zero attached hydrogens (tertiary/aromatic N) is 5. The minimum atomic E-state index is -0.257. The maximum atomic E-state index is 12.8. The zero-order valence-electron chi connectivity index (χ0n) is 17.3. The SMILES string of the molecule is C[C@@H]1CC(N2CCC(C(=O)N3CCC(O)CC3)CC2)=NN1c1ccc(C#N)c(Cl)c1. The van der Waals surface area contributed by atoms with Gasteiger partial charge in [0.1, 0.15) is 11.9 Å². The summed E-state index contributed by atoms with van der Waals surface area (Å²) in [6.45, 7) is 5.14. The molecule has 0 spiro atoms. The largest absolute Gasteiger partial charge is 0.393 e. The van der Waals surface area contributed by atoms with Crippen molar-refractivity contribution in [2.75, 3.05) is 31.2 Å². The first-order valence-electron chi connectivity index (χ1n) is 10.7. The third-order valence-electron chi connectivity index (χ3n) is 6.44. The monoisotopic (exact) mass is 429 g/mol. The van der Waals surface area contributed by atoms with Crippen molar-refractivity contribution in [2.45, 2.75) is 51.2 Å². The van der Waals surface area contributed by atoms with Gasteiger partial charge in [0, 0.05) is 38.5 Å². The van der Waals surface area contributed by atoms with Crippen LogP contribution in [0.3, 0.4) is 0 Å². The Balaban J connectivity index is 1.37. The molecule has 1 aromatic rings. The molecule has 7 nitrogen and oxygen atoms in total. The third-order valence-corrected chi connectivity index (χ3v) is 6.75. The predicted molar refractivity (Wildman–Crippen MR) is 116 cm³/mol. The first-order valence-corrected chi connectivity index (χ1v) is 11.1. The fraction of sp³-hybridized carbons (Fsp3) is 0.591. The molecule has 0 saturated carbocycles. The summed E-state index contributed by atoms with van der Waals surface area (Å²) in [5.74, 6) is 1.37. The third kappa shape index (κ3) is 4.26. The number of amides is 1. The molecule has 3 aliphatic heterocycles. The molecule has 0 aromatic heterocycles. The highest BCUT2D eigenvalue weighted by Gasteiger charge is 2.34. The number of halogens is 1. The summed E-state index contributed by atoms with van der Waals surface area (Å²) in [5, 5.41) is 26.0. The van der Waals surface area contributed by atoms with E-state index >= 15 is 0 Å². The molecule has 1 N–H and O–H groups in total. The van der Waals surface area contributed by atoms with Crippen LogP contribution in [0, 0.1) is 17.2 Å². The predicted octanol–water partition coefficient (Wildman–Crippen LogP) is 2.82. The van der Waals surface area contributed by atoms with Crippen LogP contribution < -0.4 is 5.01 Å². The van der Waals surface area contributed by atoms with Gasteiger partial charge >= 0.3 is 0 Å². The summed E-state index contributed by atoms with van der Waals surface area (Å²) < 4.78 is 0. The molecule has 3 heterocycles. The highest BCUT2D eigenvalue weighted by molar-refractivity contribution is 6.32. The van der Waals surface area contributed by atoms with Gasteiger partial charge in [-0.05, 0) is 50.8 Å². The van der Waals surface area contributed by atoms with Crippen LogP contribution in [0.25, 0.3) is 0 Å². The number of rotatable bonds is 2. The number of amidine groups is 1. The Hall–Kier alpha value is -2.30. The van der Waals surface area contributed by atoms with Crippen molar-refractivity contribution in [1.82, 2.24) is 9.80 Å². The Kier molecular flexibility index (Phi) is 6.16. The molecular formula is C22H28ClN5O2. The molecule has 8 heteroatoms. The molecular weight excluding hydrogens is 402 g/mol. The minimum absolute atomic E-state index is 0.0735. The second kappa shape index (κ2) is 8.83. The smallest absolute Gasteiger partial charge is 0.225 e. The highest BCUT2D eigenvalue weighted by atomic mass is 35.5. The molecule has 0 radical (unpaired) electrons. The lowest BCUT2D eigenvalue weighted by atomic mass is 9.93. The number of nitriles is 1. The average molecular weight is 430 g/mol. The number of piperidine rings is 2. The number of likely N-dealkylation sites (tertiary alicyclic amines) is 2. The van der Waals surface area contributed by atoms with Gasteiger partial charge in [0.25, 0.3) is 0 Å². The molecule has 1 atom stereocenters. The standard InChI is InChI=1S/C22H28ClN5O2/c1-15-12-21(25-28(15)18-3-2-17(14-24)20(23)13-18)26-8-4-16(5-9-26)22(30)27-10-6-19(29)7-11-27/h2-3,13,15-16,19,29H,4-12H2,1H3/t15-/m1/s1. The lowest BCUT2D eigenvalue weighted by molar-refractivity contribution is -0.138. The Bertz CT molecular complexity index is 867. The lowest BCUT2D eigenvalue weighted by Gasteiger charge is -2.37. The first kappa shape index (κ1) is 21.0. The molecule has 0 unspecified atom stereocenters. The number of hydrogen-bond donors (Lipinski definition) is 1. The van der Waals surface area contributed by atoms with Crippen LogP contribution in [-0.4, -0.2) is 65.0 Å². The van der Waals surface area contributed by atoms with E-state index in [0.29, 0.717) is 36.5 Å². The summed E-state index contributed by atoms with van der Waals surface area (Å²) in [5.41, 5.74) is 1.35. The number of benzene rings is 1. The summed E-state index contributed by atoms with van der Waals surface area (Å²) in [6.07, 6.45) is 3.65. The zero-order valence-corrected chi connectivity index (χ0v) is 18.1. The van der Waals surface area contributed by atoms with Crippen LogP contribution in [0.5, 0.6) is 0 Å². The van der Waals surface area contributed by atoms with E-state index in [2.05, 4.69) is 17.9 Å².